The van der Waals surface area contributed by atoms with Crippen LogP contribution in [0.3, 0.4) is 0 Å². The lowest BCUT2D eigenvalue weighted by Gasteiger charge is -2.06. The first kappa shape index (κ1) is 15.6. The monoisotopic (exact) mass is 350 g/mol. The van der Waals surface area contributed by atoms with Crippen molar-refractivity contribution in [3.8, 4) is 11.4 Å². The van der Waals surface area contributed by atoms with Crippen molar-refractivity contribution in [1.82, 2.24) is 24.6 Å². The molecule has 3 heterocycles. The van der Waals surface area contributed by atoms with E-state index in [2.05, 4.69) is 25.4 Å². The predicted molar refractivity (Wildman–Crippen MR) is 91.2 cm³/mol. The van der Waals surface area contributed by atoms with Crippen LogP contribution in [0.1, 0.15) is 10.4 Å². The Hall–Kier alpha value is -3.88. The summed E-state index contributed by atoms with van der Waals surface area (Å²) in [6.07, 6.45) is 3.21. The number of halogens is 1. The molecule has 26 heavy (non-hydrogen) atoms. The number of carbonyl (C=O) groups is 1. The summed E-state index contributed by atoms with van der Waals surface area (Å²) < 4.78 is 14.3. The van der Waals surface area contributed by atoms with Gasteiger partial charge in [0.25, 0.3) is 11.5 Å². The third-order valence-corrected chi connectivity index (χ3v) is 3.61. The fourth-order valence-corrected chi connectivity index (χ4v) is 2.39. The first-order chi connectivity index (χ1) is 12.6. The molecule has 4 aromatic rings. The molecule has 0 aliphatic rings. The van der Waals surface area contributed by atoms with Crippen LogP contribution in [0.15, 0.2) is 59.7 Å². The lowest BCUT2D eigenvalue weighted by atomic mass is 10.2. The van der Waals surface area contributed by atoms with Crippen molar-refractivity contribution in [1.29, 1.82) is 0 Å². The minimum absolute atomic E-state index is 0.140. The first-order valence-electron chi connectivity index (χ1n) is 7.57. The van der Waals surface area contributed by atoms with Gasteiger partial charge in [0.05, 0.1) is 0 Å². The van der Waals surface area contributed by atoms with Crippen molar-refractivity contribution in [3.05, 3.63) is 76.6 Å². The Bertz CT molecular complexity index is 1150. The van der Waals surface area contributed by atoms with Crippen molar-refractivity contribution in [2.75, 3.05) is 5.32 Å². The summed E-state index contributed by atoms with van der Waals surface area (Å²) >= 11 is 0. The van der Waals surface area contributed by atoms with E-state index in [1.54, 1.807) is 24.5 Å². The highest BCUT2D eigenvalue weighted by Crippen LogP contribution is 2.16. The van der Waals surface area contributed by atoms with Gasteiger partial charge in [0.1, 0.15) is 11.6 Å². The van der Waals surface area contributed by atoms with Crippen LogP contribution in [-0.4, -0.2) is 30.5 Å². The second kappa shape index (κ2) is 6.20. The summed E-state index contributed by atoms with van der Waals surface area (Å²) in [6, 6.07) is 9.75. The Kier molecular flexibility index (Phi) is 3.73. The van der Waals surface area contributed by atoms with Gasteiger partial charge in [-0.05, 0) is 36.4 Å². The van der Waals surface area contributed by atoms with Crippen LogP contribution < -0.4 is 10.9 Å². The Morgan fingerprint density at radius 3 is 2.73 bits per heavy atom. The second-order valence-electron chi connectivity index (χ2n) is 5.39. The van der Waals surface area contributed by atoms with E-state index in [1.165, 1.54) is 34.8 Å². The van der Waals surface area contributed by atoms with E-state index in [0.29, 0.717) is 11.4 Å². The van der Waals surface area contributed by atoms with Gasteiger partial charge >= 0.3 is 0 Å². The molecule has 2 N–H and O–H groups in total. The average molecular weight is 350 g/mol. The molecule has 3 aromatic heterocycles. The molecule has 0 radical (unpaired) electrons. The zero-order chi connectivity index (χ0) is 18.1. The van der Waals surface area contributed by atoms with Gasteiger partial charge in [-0.2, -0.15) is 9.50 Å². The Morgan fingerprint density at radius 2 is 2.00 bits per heavy atom. The fourth-order valence-electron chi connectivity index (χ4n) is 2.39. The maximum absolute atomic E-state index is 13.0. The summed E-state index contributed by atoms with van der Waals surface area (Å²) in [6.45, 7) is 0. The highest BCUT2D eigenvalue weighted by Gasteiger charge is 2.14. The molecule has 0 saturated carbocycles. The molecule has 0 aliphatic carbocycles. The number of nitrogens with zero attached hydrogens (tertiary/aromatic N) is 4. The molecule has 0 unspecified atom stereocenters. The molecule has 0 saturated heterocycles. The van der Waals surface area contributed by atoms with Crippen molar-refractivity contribution in [2.24, 2.45) is 0 Å². The fraction of sp³-hybridized carbons (Fsp3) is 0. The SMILES string of the molecule is O=C(Nc1cc(=O)[nH]c2nc(-c3cccnc3)nn12)c1ccc(F)cc1. The number of benzene rings is 1. The second-order valence-corrected chi connectivity index (χ2v) is 5.39. The van der Waals surface area contributed by atoms with Crippen molar-refractivity contribution in [2.45, 2.75) is 0 Å². The highest BCUT2D eigenvalue weighted by atomic mass is 19.1. The number of carbonyl (C=O) groups excluding carboxylic acids is 1. The highest BCUT2D eigenvalue weighted by molar-refractivity contribution is 6.03. The zero-order valence-electron chi connectivity index (χ0n) is 13.2. The van der Waals surface area contributed by atoms with Crippen LogP contribution in [0.2, 0.25) is 0 Å². The van der Waals surface area contributed by atoms with Crippen molar-refractivity contribution < 1.29 is 9.18 Å². The molecule has 8 nitrogen and oxygen atoms in total. The molecule has 0 aliphatic heterocycles. The predicted octanol–water partition coefficient (Wildman–Crippen LogP) is 1.87. The number of rotatable bonds is 3. The van der Waals surface area contributed by atoms with Gasteiger partial charge < -0.3 is 5.32 Å². The van der Waals surface area contributed by atoms with Crippen LogP contribution in [0.25, 0.3) is 17.2 Å². The standard InChI is InChI=1S/C17H11FN6O2/c18-12-5-3-10(4-6-12)16(26)20-13-8-14(25)21-17-22-15(23-24(13)17)11-2-1-7-19-9-11/h1-9H,(H,20,26)(H,21,22,23,25). The molecule has 4 rings (SSSR count). The normalized spacial score (nSPS) is 10.8. The zero-order valence-corrected chi connectivity index (χ0v) is 13.2. The summed E-state index contributed by atoms with van der Waals surface area (Å²) in [5.41, 5.74) is 0.456. The third kappa shape index (κ3) is 2.93. The molecule has 0 bridgehead atoms. The van der Waals surface area contributed by atoms with E-state index in [1.807, 2.05) is 0 Å². The molecule has 0 atom stereocenters. The first-order valence-corrected chi connectivity index (χ1v) is 7.57. The smallest absolute Gasteiger partial charge is 0.256 e. The number of nitrogens with one attached hydrogen (secondary N) is 2. The number of hydrogen-bond acceptors (Lipinski definition) is 5. The van der Waals surface area contributed by atoms with Crippen molar-refractivity contribution >= 4 is 17.5 Å². The third-order valence-electron chi connectivity index (χ3n) is 3.61. The molecule has 0 spiro atoms. The van der Waals surface area contributed by atoms with E-state index >= 15 is 0 Å². The number of aromatic nitrogens is 5. The van der Waals surface area contributed by atoms with Crippen LogP contribution in [0.5, 0.6) is 0 Å². The van der Waals surface area contributed by atoms with Gasteiger partial charge in [-0.1, -0.05) is 0 Å². The molecular weight excluding hydrogens is 339 g/mol. The molecule has 9 heteroatoms. The van der Waals surface area contributed by atoms with E-state index < -0.39 is 17.3 Å². The van der Waals surface area contributed by atoms with Crippen LogP contribution >= 0.6 is 0 Å². The van der Waals surface area contributed by atoms with Gasteiger partial charge in [-0.25, -0.2) is 4.39 Å². The largest absolute Gasteiger partial charge is 0.306 e. The quantitative estimate of drug-likeness (QED) is 0.587. The van der Waals surface area contributed by atoms with Gasteiger partial charge in [0.15, 0.2) is 5.82 Å². The Morgan fingerprint density at radius 1 is 1.19 bits per heavy atom. The topological polar surface area (TPSA) is 105 Å². The maximum Gasteiger partial charge on any atom is 0.256 e. The number of aromatic amines is 1. The average Bonchev–Trinajstić information content (AvgIpc) is 3.07. The van der Waals surface area contributed by atoms with E-state index in [0.717, 1.165) is 0 Å². The number of pyridine rings is 1. The van der Waals surface area contributed by atoms with E-state index in [-0.39, 0.29) is 17.2 Å². The summed E-state index contributed by atoms with van der Waals surface area (Å²) in [7, 11) is 0. The Balaban J connectivity index is 1.74. The molecule has 1 aromatic carbocycles. The Labute approximate surface area is 145 Å². The number of H-pyrrole nitrogens is 1. The molecule has 0 fully saturated rings. The molecular formula is C17H11FN6O2. The van der Waals surface area contributed by atoms with Crippen LogP contribution in [0, 0.1) is 5.82 Å². The maximum atomic E-state index is 13.0. The van der Waals surface area contributed by atoms with Crippen molar-refractivity contribution in [3.63, 3.8) is 0 Å². The molecule has 128 valence electrons. The van der Waals surface area contributed by atoms with Crippen LogP contribution in [-0.2, 0) is 0 Å². The lowest BCUT2D eigenvalue weighted by Crippen LogP contribution is -2.18. The van der Waals surface area contributed by atoms with Crippen LogP contribution in [0.4, 0.5) is 10.2 Å². The number of amides is 1. The number of anilines is 1. The summed E-state index contributed by atoms with van der Waals surface area (Å²) in [5.74, 6) is -0.295. The van der Waals surface area contributed by atoms with E-state index in [9.17, 15) is 14.0 Å². The van der Waals surface area contributed by atoms with Gasteiger partial charge in [0, 0.05) is 29.6 Å². The minimum Gasteiger partial charge on any atom is -0.306 e. The van der Waals surface area contributed by atoms with Gasteiger partial charge in [0.2, 0.25) is 5.78 Å². The summed E-state index contributed by atoms with van der Waals surface area (Å²) in [4.78, 5) is 35.0. The summed E-state index contributed by atoms with van der Waals surface area (Å²) in [5, 5.41) is 6.90. The minimum atomic E-state index is -0.504. The van der Waals surface area contributed by atoms with Gasteiger partial charge in [-0.3, -0.25) is 19.6 Å². The molecule has 1 amide bonds. The van der Waals surface area contributed by atoms with E-state index in [4.69, 9.17) is 0 Å². The lowest BCUT2D eigenvalue weighted by molar-refractivity contribution is 0.102. The number of hydrogen-bond donors (Lipinski definition) is 2. The van der Waals surface area contributed by atoms with Gasteiger partial charge in [-0.15, -0.1) is 5.10 Å². The number of fused-ring (bicyclic) bond motifs is 1.